The first-order valence-corrected chi connectivity index (χ1v) is 6.84. The summed E-state index contributed by atoms with van der Waals surface area (Å²) in [5.41, 5.74) is 10.9. The van der Waals surface area contributed by atoms with Crippen molar-refractivity contribution in [3.8, 4) is 0 Å². The first-order chi connectivity index (χ1) is 9.97. The van der Waals surface area contributed by atoms with Gasteiger partial charge in [0.05, 0.1) is 11.3 Å². The van der Waals surface area contributed by atoms with Crippen LogP contribution < -0.4 is 16.8 Å². The number of nitrogens with two attached hydrogens (primary N) is 2. The fourth-order valence-electron chi connectivity index (χ4n) is 2.09. The number of likely N-dealkylation sites (tertiary alicyclic amines) is 1. The van der Waals surface area contributed by atoms with E-state index < -0.39 is 5.91 Å². The van der Waals surface area contributed by atoms with Crippen molar-refractivity contribution in [1.29, 1.82) is 0 Å². The average molecular weight is 346 g/mol. The first-order valence-electron chi connectivity index (χ1n) is 6.47. The van der Waals surface area contributed by atoms with Gasteiger partial charge in [0.1, 0.15) is 0 Å². The number of carbonyl (C=O) groups is 2. The van der Waals surface area contributed by atoms with E-state index >= 15 is 0 Å². The van der Waals surface area contributed by atoms with Crippen molar-refractivity contribution in [2.24, 2.45) is 16.5 Å². The van der Waals surface area contributed by atoms with Crippen LogP contribution in [0, 0.1) is 0 Å². The minimum atomic E-state index is -0.658. The predicted molar refractivity (Wildman–Crippen MR) is 88.7 cm³/mol. The molecule has 0 saturated carbocycles. The molecule has 1 heterocycles. The van der Waals surface area contributed by atoms with Crippen LogP contribution in [0.5, 0.6) is 0 Å². The monoisotopic (exact) mass is 345 g/mol. The molecule has 0 aromatic heterocycles. The highest BCUT2D eigenvalue weighted by atomic mass is 35.5. The van der Waals surface area contributed by atoms with Crippen LogP contribution in [-0.4, -0.2) is 35.9 Å². The number of hydrogen-bond donors (Lipinski definition) is 3. The van der Waals surface area contributed by atoms with Gasteiger partial charge in [0.15, 0.2) is 5.96 Å². The summed E-state index contributed by atoms with van der Waals surface area (Å²) in [5.74, 6) is -1.01. The molecule has 120 valence electrons. The first kappa shape index (κ1) is 18.1. The van der Waals surface area contributed by atoms with Crippen LogP contribution in [0.25, 0.3) is 0 Å². The van der Waals surface area contributed by atoms with Crippen LogP contribution in [0.3, 0.4) is 0 Å². The van der Waals surface area contributed by atoms with E-state index in [9.17, 15) is 9.59 Å². The molecule has 0 bridgehead atoms. The second-order valence-corrected chi connectivity index (χ2v) is 5.09. The number of rotatable bonds is 2. The van der Waals surface area contributed by atoms with E-state index in [1.54, 1.807) is 17.0 Å². The molecule has 0 radical (unpaired) electrons. The van der Waals surface area contributed by atoms with E-state index in [4.69, 9.17) is 23.1 Å². The van der Waals surface area contributed by atoms with Crippen LogP contribution in [0.2, 0.25) is 5.02 Å². The van der Waals surface area contributed by atoms with Crippen LogP contribution in [-0.2, 0) is 0 Å². The van der Waals surface area contributed by atoms with Crippen molar-refractivity contribution in [2.45, 2.75) is 12.8 Å². The van der Waals surface area contributed by atoms with Crippen LogP contribution in [0.15, 0.2) is 23.2 Å². The molecule has 1 aromatic carbocycles. The molecule has 5 N–H and O–H groups in total. The Kier molecular flexibility index (Phi) is 6.45. The van der Waals surface area contributed by atoms with E-state index in [1.807, 2.05) is 0 Å². The third-order valence-electron chi connectivity index (χ3n) is 3.08. The highest BCUT2D eigenvalue weighted by Gasteiger charge is 2.20. The van der Waals surface area contributed by atoms with E-state index in [0.29, 0.717) is 23.8 Å². The lowest BCUT2D eigenvalue weighted by Crippen LogP contribution is -2.32. The Hall–Kier alpha value is -1.99. The maximum atomic E-state index is 12.1. The number of hydrogen-bond acceptors (Lipinski definition) is 2. The lowest BCUT2D eigenvalue weighted by atomic mass is 10.1. The standard InChI is InChI=1S/C13H16ClN5O2.ClH/c14-8-3-4-10(9(7-8)11(20)18-12(15)16)17-13(21)19-5-1-2-6-19;/h3-4,7H,1-2,5-6H2,(H,17,21)(H4,15,16,18,20);1H. The number of amides is 3. The van der Waals surface area contributed by atoms with E-state index in [2.05, 4.69) is 10.3 Å². The number of guanidine groups is 1. The molecule has 1 aromatic rings. The Morgan fingerprint density at radius 3 is 2.45 bits per heavy atom. The average Bonchev–Trinajstić information content (AvgIpc) is 2.94. The molecule has 3 amide bonds. The second kappa shape index (κ2) is 7.86. The quantitative estimate of drug-likeness (QED) is 0.560. The summed E-state index contributed by atoms with van der Waals surface area (Å²) in [4.78, 5) is 29.2. The van der Waals surface area contributed by atoms with Gasteiger partial charge in [0, 0.05) is 18.1 Å². The van der Waals surface area contributed by atoms with Gasteiger partial charge in [0.25, 0.3) is 5.91 Å². The van der Waals surface area contributed by atoms with Crippen molar-refractivity contribution in [2.75, 3.05) is 18.4 Å². The molecule has 2 rings (SSSR count). The zero-order chi connectivity index (χ0) is 15.4. The molecule has 0 spiro atoms. The number of anilines is 1. The Morgan fingerprint density at radius 2 is 1.86 bits per heavy atom. The molecular formula is C13H17Cl2N5O2. The number of carbonyl (C=O) groups excluding carboxylic acids is 2. The normalized spacial score (nSPS) is 13.2. The smallest absolute Gasteiger partial charge is 0.321 e. The minimum absolute atomic E-state index is 0. The predicted octanol–water partition coefficient (Wildman–Crippen LogP) is 1.80. The summed E-state index contributed by atoms with van der Waals surface area (Å²) in [7, 11) is 0. The maximum Gasteiger partial charge on any atom is 0.321 e. The number of urea groups is 1. The molecule has 9 heteroatoms. The van der Waals surface area contributed by atoms with Crippen LogP contribution in [0.1, 0.15) is 23.2 Å². The highest BCUT2D eigenvalue weighted by molar-refractivity contribution is 6.31. The van der Waals surface area contributed by atoms with Gasteiger partial charge in [-0.1, -0.05) is 11.6 Å². The van der Waals surface area contributed by atoms with Crippen LogP contribution >= 0.6 is 24.0 Å². The third kappa shape index (κ3) is 4.51. The summed E-state index contributed by atoms with van der Waals surface area (Å²) >= 11 is 5.87. The molecule has 1 aliphatic rings. The molecule has 7 nitrogen and oxygen atoms in total. The van der Waals surface area contributed by atoms with Crippen molar-refractivity contribution in [3.63, 3.8) is 0 Å². The van der Waals surface area contributed by atoms with Crippen molar-refractivity contribution in [1.82, 2.24) is 4.90 Å². The van der Waals surface area contributed by atoms with Gasteiger partial charge in [-0.2, -0.15) is 4.99 Å². The maximum absolute atomic E-state index is 12.1. The lowest BCUT2D eigenvalue weighted by Gasteiger charge is -2.17. The molecule has 1 aliphatic heterocycles. The molecular weight excluding hydrogens is 329 g/mol. The van der Waals surface area contributed by atoms with E-state index in [0.717, 1.165) is 12.8 Å². The Balaban J connectivity index is 0.00000242. The Morgan fingerprint density at radius 1 is 1.23 bits per heavy atom. The highest BCUT2D eigenvalue weighted by Crippen LogP contribution is 2.22. The number of halogens is 2. The van der Waals surface area contributed by atoms with Gasteiger partial charge in [-0.05, 0) is 31.0 Å². The largest absolute Gasteiger partial charge is 0.370 e. The number of aliphatic imine (C=N–C) groups is 1. The van der Waals surface area contributed by atoms with Crippen molar-refractivity contribution < 1.29 is 9.59 Å². The number of nitrogens with zero attached hydrogens (tertiary/aromatic N) is 2. The fraction of sp³-hybridized carbons (Fsp3) is 0.308. The third-order valence-corrected chi connectivity index (χ3v) is 3.31. The molecule has 1 saturated heterocycles. The molecule has 0 atom stereocenters. The summed E-state index contributed by atoms with van der Waals surface area (Å²) in [6.45, 7) is 1.41. The van der Waals surface area contributed by atoms with Crippen molar-refractivity contribution >= 4 is 47.6 Å². The number of benzene rings is 1. The molecule has 0 unspecified atom stereocenters. The SMILES string of the molecule is Cl.NC(N)=NC(=O)c1cc(Cl)ccc1NC(=O)N1CCCC1. The van der Waals surface area contributed by atoms with Gasteiger partial charge in [0.2, 0.25) is 0 Å². The summed E-state index contributed by atoms with van der Waals surface area (Å²) in [5, 5.41) is 3.04. The summed E-state index contributed by atoms with van der Waals surface area (Å²) in [6, 6.07) is 4.28. The van der Waals surface area contributed by atoms with E-state index in [1.165, 1.54) is 6.07 Å². The Bertz CT molecular complexity index is 596. The molecule has 0 aliphatic carbocycles. The molecule has 1 fully saturated rings. The topological polar surface area (TPSA) is 114 Å². The molecule has 22 heavy (non-hydrogen) atoms. The van der Waals surface area contributed by atoms with Gasteiger partial charge in [-0.3, -0.25) is 4.79 Å². The number of nitrogens with one attached hydrogen (secondary N) is 1. The minimum Gasteiger partial charge on any atom is -0.370 e. The fourth-order valence-corrected chi connectivity index (χ4v) is 2.27. The summed E-state index contributed by atoms with van der Waals surface area (Å²) in [6.07, 6.45) is 1.96. The van der Waals surface area contributed by atoms with E-state index in [-0.39, 0.29) is 30.0 Å². The van der Waals surface area contributed by atoms with Gasteiger partial charge in [-0.15, -0.1) is 12.4 Å². The zero-order valence-corrected chi connectivity index (χ0v) is 13.3. The van der Waals surface area contributed by atoms with Crippen molar-refractivity contribution in [3.05, 3.63) is 28.8 Å². The van der Waals surface area contributed by atoms with Gasteiger partial charge in [-0.25, -0.2) is 4.79 Å². The van der Waals surface area contributed by atoms with Crippen LogP contribution in [0.4, 0.5) is 10.5 Å². The van der Waals surface area contributed by atoms with Gasteiger partial charge >= 0.3 is 6.03 Å². The lowest BCUT2D eigenvalue weighted by molar-refractivity contribution is 0.100. The Labute approximate surface area is 139 Å². The van der Waals surface area contributed by atoms with Gasteiger partial charge < -0.3 is 21.7 Å². The zero-order valence-electron chi connectivity index (χ0n) is 11.7. The second-order valence-electron chi connectivity index (χ2n) is 4.66. The summed E-state index contributed by atoms with van der Waals surface area (Å²) < 4.78 is 0.